The molecule has 3 N–H and O–H groups in total. The first-order valence-corrected chi connectivity index (χ1v) is 11.5. The van der Waals surface area contributed by atoms with Crippen LogP contribution >= 0.6 is 11.3 Å². The first-order valence-electron chi connectivity index (χ1n) is 10.7. The molecule has 2 aliphatic rings. The van der Waals surface area contributed by atoms with Gasteiger partial charge in [-0.05, 0) is 42.7 Å². The summed E-state index contributed by atoms with van der Waals surface area (Å²) in [5.41, 5.74) is 9.25. The zero-order valence-electron chi connectivity index (χ0n) is 17.4. The molecular formula is C23H29N3O3S. The number of nitrogens with two attached hydrogens (primary N) is 1. The molecule has 0 spiro atoms. The first-order chi connectivity index (χ1) is 14.5. The SMILES string of the molecule is CC(CC(=O)Nc1sc2c(c1N)CCC(OC(=O)N1CCCC1)C2)c1ccccc1. The lowest BCUT2D eigenvalue weighted by molar-refractivity contribution is -0.116. The summed E-state index contributed by atoms with van der Waals surface area (Å²) in [6.45, 7) is 3.64. The summed E-state index contributed by atoms with van der Waals surface area (Å²) in [7, 11) is 0. The number of anilines is 2. The molecule has 2 unspecified atom stereocenters. The largest absolute Gasteiger partial charge is 0.446 e. The van der Waals surface area contributed by atoms with Crippen LogP contribution in [0.3, 0.4) is 0 Å². The van der Waals surface area contributed by atoms with Gasteiger partial charge in [0.1, 0.15) is 11.1 Å². The zero-order chi connectivity index (χ0) is 21.1. The van der Waals surface area contributed by atoms with Crippen LogP contribution in [-0.2, 0) is 22.4 Å². The van der Waals surface area contributed by atoms with Crippen LogP contribution in [0.2, 0.25) is 0 Å². The Labute approximate surface area is 181 Å². The van der Waals surface area contributed by atoms with Crippen molar-refractivity contribution in [3.05, 3.63) is 46.3 Å². The van der Waals surface area contributed by atoms with Gasteiger partial charge in [-0.25, -0.2) is 4.79 Å². The lowest BCUT2D eigenvalue weighted by Crippen LogP contribution is -2.34. The number of likely N-dealkylation sites (tertiary alicyclic amines) is 1. The number of fused-ring (bicyclic) bond motifs is 1. The predicted molar refractivity (Wildman–Crippen MR) is 120 cm³/mol. The fraction of sp³-hybridized carbons (Fsp3) is 0.478. The van der Waals surface area contributed by atoms with Crippen LogP contribution in [0.15, 0.2) is 30.3 Å². The summed E-state index contributed by atoms with van der Waals surface area (Å²) in [6, 6.07) is 10.0. The van der Waals surface area contributed by atoms with Crippen molar-refractivity contribution in [2.24, 2.45) is 0 Å². The van der Waals surface area contributed by atoms with Gasteiger partial charge < -0.3 is 20.7 Å². The third-order valence-electron chi connectivity index (χ3n) is 6.01. The third kappa shape index (κ3) is 4.61. The number of carbonyl (C=O) groups excluding carboxylic acids is 2. The number of ether oxygens (including phenoxy) is 1. The average Bonchev–Trinajstić information content (AvgIpc) is 3.38. The smallest absolute Gasteiger partial charge is 0.410 e. The van der Waals surface area contributed by atoms with Crippen LogP contribution in [0.25, 0.3) is 0 Å². The molecule has 2 amide bonds. The number of nitrogens with one attached hydrogen (secondary N) is 1. The van der Waals surface area contributed by atoms with Crippen molar-refractivity contribution in [3.63, 3.8) is 0 Å². The molecule has 30 heavy (non-hydrogen) atoms. The number of benzene rings is 1. The molecule has 2 aromatic rings. The summed E-state index contributed by atoms with van der Waals surface area (Å²) in [5.74, 6) is 0.102. The molecule has 160 valence electrons. The number of rotatable bonds is 5. The van der Waals surface area contributed by atoms with Crippen molar-refractivity contribution in [3.8, 4) is 0 Å². The van der Waals surface area contributed by atoms with Gasteiger partial charge in [0, 0.05) is 30.8 Å². The molecule has 0 bridgehead atoms. The van der Waals surface area contributed by atoms with Gasteiger partial charge in [0.2, 0.25) is 5.91 Å². The van der Waals surface area contributed by atoms with Crippen LogP contribution in [-0.4, -0.2) is 36.1 Å². The molecular weight excluding hydrogens is 398 g/mol. The topological polar surface area (TPSA) is 84.7 Å². The minimum atomic E-state index is -0.200. The molecule has 1 aromatic carbocycles. The predicted octanol–water partition coefficient (Wildman–Crippen LogP) is 4.55. The van der Waals surface area contributed by atoms with Gasteiger partial charge in [0.05, 0.1) is 5.69 Å². The van der Waals surface area contributed by atoms with Crippen LogP contribution in [0.4, 0.5) is 15.5 Å². The maximum absolute atomic E-state index is 12.6. The van der Waals surface area contributed by atoms with Crippen LogP contribution < -0.4 is 11.1 Å². The Hall–Kier alpha value is -2.54. The highest BCUT2D eigenvalue weighted by Crippen LogP contribution is 2.41. The third-order valence-corrected chi connectivity index (χ3v) is 7.19. The van der Waals surface area contributed by atoms with Gasteiger partial charge in [-0.2, -0.15) is 0 Å². The quantitative estimate of drug-likeness (QED) is 0.733. The van der Waals surface area contributed by atoms with Gasteiger partial charge in [-0.3, -0.25) is 4.79 Å². The van der Waals surface area contributed by atoms with Crippen molar-refractivity contribution in [1.29, 1.82) is 0 Å². The number of thiophene rings is 1. The highest BCUT2D eigenvalue weighted by atomic mass is 32.1. The molecule has 1 saturated heterocycles. The lowest BCUT2D eigenvalue weighted by Gasteiger charge is -2.25. The van der Waals surface area contributed by atoms with E-state index in [4.69, 9.17) is 10.5 Å². The fourth-order valence-electron chi connectivity index (χ4n) is 4.25. The average molecular weight is 428 g/mol. The first kappa shape index (κ1) is 20.7. The van der Waals surface area contributed by atoms with E-state index in [2.05, 4.69) is 12.2 Å². The van der Waals surface area contributed by atoms with Gasteiger partial charge in [-0.1, -0.05) is 37.3 Å². The molecule has 4 rings (SSSR count). The standard InChI is InChI=1S/C23H29N3O3S/c1-15(16-7-3-2-4-8-16)13-20(27)25-22-21(24)18-10-9-17(14-19(18)30-22)29-23(28)26-11-5-6-12-26/h2-4,7-8,15,17H,5-6,9-14,24H2,1H3,(H,25,27). The van der Waals surface area contributed by atoms with Crippen molar-refractivity contribution in [2.45, 2.75) is 57.5 Å². The molecule has 0 radical (unpaired) electrons. The molecule has 6 nitrogen and oxygen atoms in total. The number of amides is 2. The Morgan fingerprint density at radius 3 is 2.73 bits per heavy atom. The van der Waals surface area contributed by atoms with Crippen LogP contribution in [0.5, 0.6) is 0 Å². The van der Waals surface area contributed by atoms with Crippen molar-refractivity contribution in [2.75, 3.05) is 24.1 Å². The summed E-state index contributed by atoms with van der Waals surface area (Å²) in [5, 5.41) is 3.73. The van der Waals surface area contributed by atoms with E-state index in [9.17, 15) is 9.59 Å². The Morgan fingerprint density at radius 1 is 1.27 bits per heavy atom. The monoisotopic (exact) mass is 427 g/mol. The van der Waals surface area contributed by atoms with E-state index >= 15 is 0 Å². The van der Waals surface area contributed by atoms with Crippen LogP contribution in [0.1, 0.15) is 54.5 Å². The Kier molecular flexibility index (Phi) is 6.27. The number of hydrogen-bond donors (Lipinski definition) is 2. The molecule has 1 aliphatic heterocycles. The number of nitrogens with zero attached hydrogens (tertiary/aromatic N) is 1. The molecule has 1 aliphatic carbocycles. The molecule has 2 heterocycles. The Balaban J connectivity index is 1.36. The molecule has 1 fully saturated rings. The second kappa shape index (κ2) is 9.08. The van der Waals surface area contributed by atoms with Crippen molar-refractivity contribution in [1.82, 2.24) is 4.90 Å². The summed E-state index contributed by atoms with van der Waals surface area (Å²) in [6.07, 6.45) is 4.40. The second-order valence-electron chi connectivity index (χ2n) is 8.25. The number of carbonyl (C=O) groups is 2. The van der Waals surface area contributed by atoms with E-state index in [-0.39, 0.29) is 24.0 Å². The molecule has 0 saturated carbocycles. The van der Waals surface area contributed by atoms with Gasteiger partial charge in [0.15, 0.2) is 0 Å². The minimum absolute atomic E-state index is 0.0336. The maximum atomic E-state index is 12.6. The minimum Gasteiger partial charge on any atom is -0.446 e. The summed E-state index contributed by atoms with van der Waals surface area (Å²) >= 11 is 1.51. The van der Waals surface area contributed by atoms with E-state index in [0.29, 0.717) is 18.5 Å². The molecule has 2 atom stereocenters. The van der Waals surface area contributed by atoms with E-state index in [1.807, 2.05) is 30.3 Å². The van der Waals surface area contributed by atoms with Gasteiger partial charge >= 0.3 is 6.09 Å². The highest BCUT2D eigenvalue weighted by Gasteiger charge is 2.29. The zero-order valence-corrected chi connectivity index (χ0v) is 18.2. The van der Waals surface area contributed by atoms with E-state index < -0.39 is 0 Å². The molecule has 7 heteroatoms. The normalized spacial score (nSPS) is 19.2. The van der Waals surface area contributed by atoms with Crippen molar-refractivity contribution < 1.29 is 14.3 Å². The number of nitrogen functional groups attached to an aromatic ring is 1. The highest BCUT2D eigenvalue weighted by molar-refractivity contribution is 7.17. The maximum Gasteiger partial charge on any atom is 0.410 e. The Bertz CT molecular complexity index is 906. The van der Waals surface area contributed by atoms with Gasteiger partial charge in [0.25, 0.3) is 0 Å². The molecule has 1 aromatic heterocycles. The van der Waals surface area contributed by atoms with E-state index in [1.165, 1.54) is 11.3 Å². The number of hydrogen-bond acceptors (Lipinski definition) is 5. The second-order valence-corrected chi connectivity index (χ2v) is 9.36. The fourth-order valence-corrected chi connectivity index (χ4v) is 5.49. The van der Waals surface area contributed by atoms with Crippen LogP contribution in [0, 0.1) is 0 Å². The summed E-state index contributed by atoms with van der Waals surface area (Å²) < 4.78 is 5.73. The van der Waals surface area contributed by atoms with Crippen molar-refractivity contribution >= 4 is 34.0 Å². The van der Waals surface area contributed by atoms with Gasteiger partial charge in [-0.15, -0.1) is 11.3 Å². The van der Waals surface area contributed by atoms with E-state index in [0.717, 1.165) is 59.8 Å². The summed E-state index contributed by atoms with van der Waals surface area (Å²) in [4.78, 5) is 27.8. The van der Waals surface area contributed by atoms with E-state index in [1.54, 1.807) is 4.90 Å². The lowest BCUT2D eigenvalue weighted by atomic mass is 9.95. The Morgan fingerprint density at radius 2 is 2.00 bits per heavy atom.